The molecule has 1 fully saturated rings. The Kier molecular flexibility index (Phi) is 5.18. The molecule has 1 amide bonds. The molecule has 8 heteroatoms. The number of pyridine rings is 1. The number of carbonyl (C=O) groups excluding carboxylic acids is 1. The van der Waals surface area contributed by atoms with Crippen molar-refractivity contribution in [2.45, 2.75) is 6.54 Å². The third-order valence-corrected chi connectivity index (χ3v) is 5.52. The molecule has 4 aromatic rings. The SMILES string of the molecule is O=C(Cn1ccc2ccccc21)N1CCN(c2cc(Nc3ccccn3)ncn2)CC1. The largest absolute Gasteiger partial charge is 0.353 e. The number of nitrogens with one attached hydrogen (secondary N) is 1. The van der Waals surface area contributed by atoms with Gasteiger partial charge in [-0.2, -0.15) is 0 Å². The molecule has 4 heterocycles. The minimum atomic E-state index is 0.140. The van der Waals surface area contributed by atoms with E-state index in [9.17, 15) is 4.79 Å². The van der Waals surface area contributed by atoms with Crippen molar-refractivity contribution in [3.8, 4) is 0 Å². The molecule has 1 N–H and O–H groups in total. The first-order chi connectivity index (χ1) is 15.3. The third-order valence-electron chi connectivity index (χ3n) is 5.52. The fourth-order valence-electron chi connectivity index (χ4n) is 3.87. The number of benzene rings is 1. The number of para-hydroxylation sites is 1. The highest BCUT2D eigenvalue weighted by atomic mass is 16.2. The number of piperazine rings is 1. The van der Waals surface area contributed by atoms with Gasteiger partial charge in [-0.25, -0.2) is 15.0 Å². The van der Waals surface area contributed by atoms with Crippen LogP contribution in [0.15, 0.2) is 73.3 Å². The molecule has 1 aliphatic rings. The molecule has 0 atom stereocenters. The summed E-state index contributed by atoms with van der Waals surface area (Å²) in [5, 5.41) is 4.35. The van der Waals surface area contributed by atoms with Gasteiger partial charge in [-0.3, -0.25) is 4.79 Å². The predicted octanol–water partition coefficient (Wildman–Crippen LogP) is 2.92. The second-order valence-corrected chi connectivity index (χ2v) is 7.47. The first-order valence-electron chi connectivity index (χ1n) is 10.3. The lowest BCUT2D eigenvalue weighted by molar-refractivity contribution is -0.132. The van der Waals surface area contributed by atoms with E-state index < -0.39 is 0 Å². The molecular formula is C23H23N7O. The second-order valence-electron chi connectivity index (χ2n) is 7.47. The number of hydrogen-bond acceptors (Lipinski definition) is 6. The second kappa shape index (κ2) is 8.43. The summed E-state index contributed by atoms with van der Waals surface area (Å²) in [5.74, 6) is 2.42. The lowest BCUT2D eigenvalue weighted by Gasteiger charge is -2.35. The van der Waals surface area contributed by atoms with Crippen LogP contribution in [-0.2, 0) is 11.3 Å². The fourth-order valence-corrected chi connectivity index (χ4v) is 3.87. The number of hydrogen-bond donors (Lipinski definition) is 1. The number of fused-ring (bicyclic) bond motifs is 1. The number of rotatable bonds is 5. The van der Waals surface area contributed by atoms with Crippen molar-refractivity contribution in [3.63, 3.8) is 0 Å². The van der Waals surface area contributed by atoms with Crippen LogP contribution < -0.4 is 10.2 Å². The summed E-state index contributed by atoms with van der Waals surface area (Å²) in [6, 6.07) is 17.8. The summed E-state index contributed by atoms with van der Waals surface area (Å²) in [6.45, 7) is 3.17. The Balaban J connectivity index is 1.20. The van der Waals surface area contributed by atoms with Gasteiger partial charge in [-0.05, 0) is 29.7 Å². The van der Waals surface area contributed by atoms with Crippen molar-refractivity contribution in [1.82, 2.24) is 24.4 Å². The van der Waals surface area contributed by atoms with Crippen molar-refractivity contribution in [2.24, 2.45) is 0 Å². The van der Waals surface area contributed by atoms with Crippen LogP contribution in [0.2, 0.25) is 0 Å². The quantitative estimate of drug-likeness (QED) is 0.542. The van der Waals surface area contributed by atoms with Gasteiger partial charge < -0.3 is 19.7 Å². The molecule has 0 radical (unpaired) electrons. The average Bonchev–Trinajstić information content (AvgIpc) is 3.23. The van der Waals surface area contributed by atoms with Gasteiger partial charge in [0.2, 0.25) is 5.91 Å². The molecule has 0 saturated carbocycles. The molecule has 3 aromatic heterocycles. The Morgan fingerprint density at radius 3 is 2.58 bits per heavy atom. The summed E-state index contributed by atoms with van der Waals surface area (Å²) in [6.07, 6.45) is 5.27. The zero-order chi connectivity index (χ0) is 21.0. The van der Waals surface area contributed by atoms with Crippen LogP contribution in [0.25, 0.3) is 10.9 Å². The van der Waals surface area contributed by atoms with Gasteiger partial charge in [-0.15, -0.1) is 0 Å². The lowest BCUT2D eigenvalue weighted by Crippen LogP contribution is -2.49. The Hall–Kier alpha value is -3.94. The van der Waals surface area contributed by atoms with Crippen LogP contribution in [-0.4, -0.2) is 56.5 Å². The van der Waals surface area contributed by atoms with Crippen LogP contribution in [0, 0.1) is 0 Å². The average molecular weight is 413 g/mol. The minimum absolute atomic E-state index is 0.140. The Labute approximate surface area is 180 Å². The van der Waals surface area contributed by atoms with Crippen LogP contribution >= 0.6 is 0 Å². The van der Waals surface area contributed by atoms with Crippen molar-refractivity contribution in [2.75, 3.05) is 36.4 Å². The molecule has 0 aliphatic carbocycles. The van der Waals surface area contributed by atoms with Crippen molar-refractivity contribution < 1.29 is 4.79 Å². The van der Waals surface area contributed by atoms with E-state index in [1.54, 1.807) is 12.5 Å². The van der Waals surface area contributed by atoms with Crippen LogP contribution in [0.1, 0.15) is 0 Å². The highest BCUT2D eigenvalue weighted by molar-refractivity contribution is 5.83. The molecule has 1 aromatic carbocycles. The van der Waals surface area contributed by atoms with E-state index >= 15 is 0 Å². The summed E-state index contributed by atoms with van der Waals surface area (Å²) in [4.78, 5) is 29.9. The Morgan fingerprint density at radius 1 is 0.903 bits per heavy atom. The molecule has 0 spiro atoms. The summed E-state index contributed by atoms with van der Waals surface area (Å²) in [5.41, 5.74) is 1.09. The van der Waals surface area contributed by atoms with Gasteiger partial charge in [-0.1, -0.05) is 24.3 Å². The fraction of sp³-hybridized carbons (Fsp3) is 0.217. The maximum Gasteiger partial charge on any atom is 0.242 e. The van der Waals surface area contributed by atoms with E-state index in [2.05, 4.69) is 31.2 Å². The molecule has 0 unspecified atom stereocenters. The Morgan fingerprint density at radius 2 is 1.74 bits per heavy atom. The maximum absolute atomic E-state index is 12.9. The molecule has 1 aliphatic heterocycles. The molecule has 1 saturated heterocycles. The van der Waals surface area contributed by atoms with Gasteiger partial charge in [0, 0.05) is 50.2 Å². The maximum atomic E-state index is 12.9. The van der Waals surface area contributed by atoms with E-state index in [0.29, 0.717) is 25.5 Å². The molecule has 8 nitrogen and oxygen atoms in total. The van der Waals surface area contributed by atoms with Gasteiger partial charge >= 0.3 is 0 Å². The molecule has 5 rings (SSSR count). The number of nitrogens with zero attached hydrogens (tertiary/aromatic N) is 6. The minimum Gasteiger partial charge on any atom is -0.353 e. The van der Waals surface area contributed by atoms with Crippen molar-refractivity contribution >= 4 is 34.3 Å². The zero-order valence-electron chi connectivity index (χ0n) is 17.1. The number of carbonyl (C=O) groups is 1. The molecule has 156 valence electrons. The number of anilines is 3. The van der Waals surface area contributed by atoms with E-state index in [0.717, 1.165) is 35.6 Å². The normalized spacial score (nSPS) is 14.1. The van der Waals surface area contributed by atoms with Crippen LogP contribution in [0.5, 0.6) is 0 Å². The van der Waals surface area contributed by atoms with Gasteiger partial charge in [0.1, 0.15) is 30.3 Å². The highest BCUT2D eigenvalue weighted by Crippen LogP contribution is 2.19. The summed E-state index contributed by atoms with van der Waals surface area (Å²) in [7, 11) is 0. The van der Waals surface area contributed by atoms with Crippen molar-refractivity contribution in [1.29, 1.82) is 0 Å². The third kappa shape index (κ3) is 4.18. The molecular weight excluding hydrogens is 390 g/mol. The van der Waals surface area contributed by atoms with E-state index in [1.165, 1.54) is 0 Å². The predicted molar refractivity (Wildman–Crippen MR) is 120 cm³/mol. The van der Waals surface area contributed by atoms with Gasteiger partial charge in [0.25, 0.3) is 0 Å². The number of amides is 1. The van der Waals surface area contributed by atoms with Gasteiger partial charge in [0.05, 0.1) is 0 Å². The first kappa shape index (κ1) is 19.0. The lowest BCUT2D eigenvalue weighted by atomic mass is 10.2. The summed E-state index contributed by atoms with van der Waals surface area (Å²) >= 11 is 0. The van der Waals surface area contributed by atoms with E-state index in [1.807, 2.05) is 64.2 Å². The van der Waals surface area contributed by atoms with E-state index in [-0.39, 0.29) is 5.91 Å². The molecule has 31 heavy (non-hydrogen) atoms. The highest BCUT2D eigenvalue weighted by Gasteiger charge is 2.22. The van der Waals surface area contributed by atoms with Crippen LogP contribution in [0.3, 0.4) is 0 Å². The molecule has 0 bridgehead atoms. The standard InChI is InChI=1S/C23H23N7O/c31-23(16-30-10-8-18-5-1-2-6-19(18)30)29-13-11-28(12-14-29)22-15-21(25-17-26-22)27-20-7-3-4-9-24-20/h1-10,15,17H,11-14,16H2,(H,24,25,26,27). The Bertz CT molecular complexity index is 1180. The topological polar surface area (TPSA) is 79.2 Å². The zero-order valence-corrected chi connectivity index (χ0v) is 17.1. The first-order valence-corrected chi connectivity index (χ1v) is 10.3. The van der Waals surface area contributed by atoms with Crippen molar-refractivity contribution in [3.05, 3.63) is 73.3 Å². The van der Waals surface area contributed by atoms with E-state index in [4.69, 9.17) is 0 Å². The summed E-state index contributed by atoms with van der Waals surface area (Å²) < 4.78 is 2.02. The van der Waals surface area contributed by atoms with Gasteiger partial charge in [0.15, 0.2) is 0 Å². The monoisotopic (exact) mass is 413 g/mol. The number of aromatic nitrogens is 4. The van der Waals surface area contributed by atoms with Crippen LogP contribution in [0.4, 0.5) is 17.5 Å². The smallest absolute Gasteiger partial charge is 0.242 e.